The van der Waals surface area contributed by atoms with Crippen molar-refractivity contribution in [2.24, 2.45) is 0 Å². The average molecular weight is 370 g/mol. The molecule has 0 aliphatic heterocycles. The van der Waals surface area contributed by atoms with Gasteiger partial charge in [-0.25, -0.2) is 0 Å². The molecule has 0 spiro atoms. The number of rotatable bonds is 3. The molecule has 1 aromatic carbocycles. The topological polar surface area (TPSA) is 12.0 Å². The molecule has 123 valence electrons. The molecule has 0 aromatic heterocycles. The van der Waals surface area contributed by atoms with Gasteiger partial charge in [0.1, 0.15) is 0 Å². The van der Waals surface area contributed by atoms with Gasteiger partial charge in [0.05, 0.1) is 0 Å². The number of benzene rings is 1. The van der Waals surface area contributed by atoms with E-state index in [0.717, 1.165) is 6.04 Å². The fourth-order valence-corrected chi connectivity index (χ4v) is 1.88. The Balaban J connectivity index is -0.000000116. The smallest absolute Gasteiger partial charge is 0.00694 e. The Kier molecular flexibility index (Phi) is 23.2. The minimum atomic E-state index is 0. The summed E-state index contributed by atoms with van der Waals surface area (Å²) in [6, 6.07) is 12.1. The van der Waals surface area contributed by atoms with Crippen LogP contribution in [0.25, 0.3) is 0 Å². The van der Waals surface area contributed by atoms with Gasteiger partial charge in [-0.1, -0.05) is 86.7 Å². The van der Waals surface area contributed by atoms with E-state index in [2.05, 4.69) is 57.3 Å². The summed E-state index contributed by atoms with van der Waals surface area (Å²) >= 11 is 0. The van der Waals surface area contributed by atoms with Crippen molar-refractivity contribution in [3.8, 4) is 0 Å². The first kappa shape index (κ1) is 29.3. The molecule has 0 bridgehead atoms. The van der Waals surface area contributed by atoms with Crippen molar-refractivity contribution >= 4 is 0 Å². The second kappa shape index (κ2) is 16.7. The van der Waals surface area contributed by atoms with Crippen molar-refractivity contribution < 1.29 is 32.7 Å². The first-order chi connectivity index (χ1) is 8.09. The number of nitrogens with one attached hydrogen (secondary N) is 1. The van der Waals surface area contributed by atoms with Crippen molar-refractivity contribution in [2.45, 2.75) is 87.2 Å². The summed E-state index contributed by atoms with van der Waals surface area (Å²) in [6.45, 7) is 8.82. The Bertz CT molecular complexity index is 292. The summed E-state index contributed by atoms with van der Waals surface area (Å²) in [4.78, 5) is 0. The Labute approximate surface area is 160 Å². The molecule has 1 aliphatic rings. The van der Waals surface area contributed by atoms with Crippen molar-refractivity contribution in [1.29, 1.82) is 0 Å². The van der Waals surface area contributed by atoms with E-state index in [4.69, 9.17) is 0 Å². The summed E-state index contributed by atoms with van der Waals surface area (Å²) in [6.07, 6.45) is 4.24. The largest absolute Gasteiger partial charge is 0.312 e. The van der Waals surface area contributed by atoms with Crippen LogP contribution in [-0.2, 0) is 32.7 Å². The van der Waals surface area contributed by atoms with Crippen LogP contribution in [0.2, 0.25) is 0 Å². The van der Waals surface area contributed by atoms with E-state index in [1.165, 1.54) is 24.8 Å². The molecule has 1 nitrogen and oxygen atoms in total. The van der Waals surface area contributed by atoms with Crippen molar-refractivity contribution in [1.82, 2.24) is 5.32 Å². The van der Waals surface area contributed by atoms with Crippen molar-refractivity contribution in [3.63, 3.8) is 0 Å². The van der Waals surface area contributed by atoms with E-state index in [1.54, 1.807) is 0 Å². The molecule has 0 unspecified atom stereocenters. The predicted octanol–water partition coefficient (Wildman–Crippen LogP) is 6.25. The SMILES string of the molecule is C.C.C.CC(C)NC1CCC1.CC(C)c1ccccc1.[Y]. The second-order valence-corrected chi connectivity index (χ2v) is 5.51. The van der Waals surface area contributed by atoms with E-state index in [0.29, 0.717) is 12.0 Å². The summed E-state index contributed by atoms with van der Waals surface area (Å²) in [5, 5.41) is 3.48. The first-order valence-corrected chi connectivity index (χ1v) is 6.90. The predicted molar refractivity (Wildman–Crippen MR) is 96.6 cm³/mol. The Morgan fingerprint density at radius 2 is 1.38 bits per heavy atom. The van der Waals surface area contributed by atoms with E-state index in [-0.39, 0.29) is 55.0 Å². The zero-order chi connectivity index (χ0) is 12.7. The molecular weight excluding hydrogens is 331 g/mol. The van der Waals surface area contributed by atoms with E-state index >= 15 is 0 Å². The van der Waals surface area contributed by atoms with Gasteiger partial charge in [0.15, 0.2) is 0 Å². The fraction of sp³-hybridized carbons (Fsp3) is 0.684. The van der Waals surface area contributed by atoms with Crippen molar-refractivity contribution in [3.05, 3.63) is 35.9 Å². The summed E-state index contributed by atoms with van der Waals surface area (Å²) in [5.74, 6) is 0.659. The molecular formula is C19H39NY. The van der Waals surface area contributed by atoms with E-state index in [1.807, 2.05) is 6.07 Å². The van der Waals surface area contributed by atoms with Gasteiger partial charge in [-0.05, 0) is 24.3 Å². The van der Waals surface area contributed by atoms with Gasteiger partial charge in [-0.15, -0.1) is 0 Å². The quantitative estimate of drug-likeness (QED) is 0.663. The molecule has 0 saturated heterocycles. The summed E-state index contributed by atoms with van der Waals surface area (Å²) in [5.41, 5.74) is 1.41. The zero-order valence-corrected chi connectivity index (χ0v) is 15.2. The molecule has 21 heavy (non-hydrogen) atoms. The number of hydrogen-bond donors (Lipinski definition) is 1. The zero-order valence-electron chi connectivity index (χ0n) is 12.3. The summed E-state index contributed by atoms with van der Waals surface area (Å²) < 4.78 is 0. The third-order valence-corrected chi connectivity index (χ3v) is 3.14. The van der Waals surface area contributed by atoms with Crippen LogP contribution < -0.4 is 5.32 Å². The van der Waals surface area contributed by atoms with Gasteiger partial charge in [0.2, 0.25) is 0 Å². The Morgan fingerprint density at radius 3 is 1.57 bits per heavy atom. The molecule has 1 aromatic rings. The third kappa shape index (κ3) is 13.7. The van der Waals surface area contributed by atoms with Crippen LogP contribution in [0.3, 0.4) is 0 Å². The van der Waals surface area contributed by atoms with Crippen LogP contribution in [0.1, 0.15) is 80.7 Å². The van der Waals surface area contributed by atoms with Crippen molar-refractivity contribution in [2.75, 3.05) is 0 Å². The van der Waals surface area contributed by atoms with Crippen LogP contribution in [0.15, 0.2) is 30.3 Å². The Hall–Kier alpha value is 0.284. The maximum atomic E-state index is 3.48. The molecule has 1 aliphatic carbocycles. The van der Waals surface area contributed by atoms with Gasteiger partial charge in [-0.3, -0.25) is 0 Å². The molecule has 2 rings (SSSR count). The van der Waals surface area contributed by atoms with Gasteiger partial charge in [-0.2, -0.15) is 0 Å². The average Bonchev–Trinajstić information content (AvgIpc) is 2.26. The van der Waals surface area contributed by atoms with Crippen LogP contribution in [0.4, 0.5) is 0 Å². The minimum absolute atomic E-state index is 0. The van der Waals surface area contributed by atoms with E-state index in [9.17, 15) is 0 Å². The van der Waals surface area contributed by atoms with Crippen LogP contribution in [0, 0.1) is 0 Å². The normalized spacial score (nSPS) is 12.5. The number of hydrogen-bond acceptors (Lipinski definition) is 1. The first-order valence-electron chi connectivity index (χ1n) is 6.90. The molecule has 1 N–H and O–H groups in total. The third-order valence-electron chi connectivity index (χ3n) is 3.14. The molecule has 0 heterocycles. The molecule has 1 radical (unpaired) electrons. The van der Waals surface area contributed by atoms with Crippen LogP contribution >= 0.6 is 0 Å². The summed E-state index contributed by atoms with van der Waals surface area (Å²) in [7, 11) is 0. The molecule has 2 heteroatoms. The molecule has 0 atom stereocenters. The van der Waals surface area contributed by atoms with E-state index < -0.39 is 0 Å². The van der Waals surface area contributed by atoms with Gasteiger partial charge in [0.25, 0.3) is 0 Å². The standard InChI is InChI=1S/C9H12.C7H15N.3CH4.Y/c1-8(2)9-6-4-3-5-7-9;1-6(2)8-7-4-3-5-7;;;;/h3-8H,1-2H3;6-8H,3-5H2,1-2H3;3*1H4;. The van der Waals surface area contributed by atoms with Gasteiger partial charge < -0.3 is 5.32 Å². The minimum Gasteiger partial charge on any atom is -0.312 e. The molecule has 1 fully saturated rings. The molecule has 1 saturated carbocycles. The second-order valence-electron chi connectivity index (χ2n) is 5.51. The maximum Gasteiger partial charge on any atom is 0.00694 e. The van der Waals surface area contributed by atoms with Crippen LogP contribution in [0.5, 0.6) is 0 Å². The maximum absolute atomic E-state index is 3.48. The monoisotopic (exact) mass is 370 g/mol. The van der Waals surface area contributed by atoms with Gasteiger partial charge >= 0.3 is 0 Å². The fourth-order valence-electron chi connectivity index (χ4n) is 1.88. The Morgan fingerprint density at radius 1 is 0.905 bits per heavy atom. The molecule has 0 amide bonds. The van der Waals surface area contributed by atoms with Crippen LogP contribution in [-0.4, -0.2) is 12.1 Å². The van der Waals surface area contributed by atoms with Gasteiger partial charge in [0, 0.05) is 44.8 Å².